The van der Waals surface area contributed by atoms with Crippen LogP contribution in [0.15, 0.2) is 30.3 Å². The highest BCUT2D eigenvalue weighted by Crippen LogP contribution is 2.18. The number of nitrogens with one attached hydrogen (secondary N) is 1. The normalized spacial score (nSPS) is 24.6. The molecule has 1 saturated heterocycles. The summed E-state index contributed by atoms with van der Waals surface area (Å²) in [5.41, 5.74) is 4.74. The molecule has 1 heterocycles. The molecule has 1 fully saturated rings. The molecule has 2 heteroatoms. The number of hydrogen-bond donors (Lipinski definition) is 1. The fourth-order valence-electron chi connectivity index (χ4n) is 1.67. The van der Waals surface area contributed by atoms with Crippen molar-refractivity contribution in [3.8, 4) is 0 Å². The van der Waals surface area contributed by atoms with Crippen LogP contribution in [0.4, 0.5) is 0 Å². The summed E-state index contributed by atoms with van der Waals surface area (Å²) in [7, 11) is 2.09. The predicted molar refractivity (Wildman–Crippen MR) is 49.8 cm³/mol. The zero-order valence-electron chi connectivity index (χ0n) is 7.33. The molecule has 1 N–H and O–H groups in total. The fraction of sp³-hybridized carbons (Fsp3) is 0.400. The first-order valence-electron chi connectivity index (χ1n) is 4.36. The van der Waals surface area contributed by atoms with Crippen LogP contribution >= 0.6 is 0 Å². The molecule has 12 heavy (non-hydrogen) atoms. The Kier molecular flexibility index (Phi) is 2.11. The van der Waals surface area contributed by atoms with E-state index in [0.29, 0.717) is 5.92 Å². The van der Waals surface area contributed by atoms with E-state index in [1.807, 2.05) is 0 Å². The Morgan fingerprint density at radius 1 is 1.33 bits per heavy atom. The summed E-state index contributed by atoms with van der Waals surface area (Å²) in [6.07, 6.45) is 0. The molecule has 1 aromatic rings. The predicted octanol–water partition coefficient (Wildman–Crippen LogP) is 1.22. The van der Waals surface area contributed by atoms with Crippen molar-refractivity contribution in [1.82, 2.24) is 10.4 Å². The van der Waals surface area contributed by atoms with Gasteiger partial charge in [-0.1, -0.05) is 30.3 Å². The SMILES string of the molecule is CN1CC(c2ccccc2)CN1. The van der Waals surface area contributed by atoms with Gasteiger partial charge in [-0.2, -0.15) is 0 Å². The fourth-order valence-corrected chi connectivity index (χ4v) is 1.67. The highest BCUT2D eigenvalue weighted by molar-refractivity contribution is 5.20. The number of nitrogens with zero attached hydrogens (tertiary/aromatic N) is 1. The number of rotatable bonds is 1. The lowest BCUT2D eigenvalue weighted by Gasteiger charge is -2.08. The molecule has 1 unspecified atom stereocenters. The Morgan fingerprint density at radius 3 is 2.67 bits per heavy atom. The summed E-state index contributed by atoms with van der Waals surface area (Å²) >= 11 is 0. The van der Waals surface area contributed by atoms with Gasteiger partial charge in [0.1, 0.15) is 0 Å². The molecule has 0 aliphatic carbocycles. The van der Waals surface area contributed by atoms with Crippen molar-refractivity contribution >= 4 is 0 Å². The van der Waals surface area contributed by atoms with Crippen LogP contribution < -0.4 is 5.43 Å². The van der Waals surface area contributed by atoms with E-state index in [9.17, 15) is 0 Å². The average molecular weight is 162 g/mol. The minimum absolute atomic E-state index is 0.663. The minimum Gasteiger partial charge on any atom is -0.255 e. The number of hydrazine groups is 1. The molecule has 0 aromatic heterocycles. The lowest BCUT2D eigenvalue weighted by Crippen LogP contribution is -2.25. The van der Waals surface area contributed by atoms with Crippen molar-refractivity contribution in [1.29, 1.82) is 0 Å². The van der Waals surface area contributed by atoms with E-state index >= 15 is 0 Å². The molecular weight excluding hydrogens is 148 g/mol. The van der Waals surface area contributed by atoms with E-state index in [1.54, 1.807) is 0 Å². The van der Waals surface area contributed by atoms with Crippen LogP contribution in [0, 0.1) is 0 Å². The van der Waals surface area contributed by atoms with Crippen molar-refractivity contribution in [2.45, 2.75) is 5.92 Å². The summed E-state index contributed by atoms with van der Waals surface area (Å²) in [5, 5.41) is 2.15. The Hall–Kier alpha value is -0.860. The molecule has 0 bridgehead atoms. The van der Waals surface area contributed by atoms with Gasteiger partial charge in [0.2, 0.25) is 0 Å². The molecule has 2 rings (SSSR count). The van der Waals surface area contributed by atoms with Gasteiger partial charge in [0.05, 0.1) is 0 Å². The Labute approximate surface area is 73.2 Å². The highest BCUT2D eigenvalue weighted by Gasteiger charge is 2.19. The third-order valence-corrected chi connectivity index (χ3v) is 2.37. The summed E-state index contributed by atoms with van der Waals surface area (Å²) in [5.74, 6) is 0.663. The maximum absolute atomic E-state index is 3.30. The number of benzene rings is 1. The Morgan fingerprint density at radius 2 is 2.08 bits per heavy atom. The van der Waals surface area contributed by atoms with Crippen LogP contribution in [-0.4, -0.2) is 25.1 Å². The zero-order valence-corrected chi connectivity index (χ0v) is 7.33. The standard InChI is InChI=1S/C10H14N2/c1-12-8-10(7-11-12)9-5-3-2-4-6-9/h2-6,10-11H,7-8H2,1H3. The monoisotopic (exact) mass is 162 g/mol. The highest BCUT2D eigenvalue weighted by atomic mass is 15.5. The third-order valence-electron chi connectivity index (χ3n) is 2.37. The average Bonchev–Trinajstić information content (AvgIpc) is 2.54. The summed E-state index contributed by atoms with van der Waals surface area (Å²) in [6.45, 7) is 2.19. The van der Waals surface area contributed by atoms with Crippen LogP contribution in [0.5, 0.6) is 0 Å². The molecular formula is C10H14N2. The van der Waals surface area contributed by atoms with Gasteiger partial charge in [0.25, 0.3) is 0 Å². The first kappa shape index (κ1) is 7.77. The van der Waals surface area contributed by atoms with Crippen LogP contribution in [0.3, 0.4) is 0 Å². The summed E-state index contributed by atoms with van der Waals surface area (Å²) in [6, 6.07) is 10.7. The summed E-state index contributed by atoms with van der Waals surface area (Å²) in [4.78, 5) is 0. The summed E-state index contributed by atoms with van der Waals surface area (Å²) < 4.78 is 0. The van der Waals surface area contributed by atoms with E-state index in [4.69, 9.17) is 0 Å². The lowest BCUT2D eigenvalue weighted by atomic mass is 10.0. The van der Waals surface area contributed by atoms with Crippen molar-refractivity contribution < 1.29 is 0 Å². The van der Waals surface area contributed by atoms with Gasteiger partial charge < -0.3 is 0 Å². The van der Waals surface area contributed by atoms with Crippen molar-refractivity contribution in [3.05, 3.63) is 35.9 Å². The quantitative estimate of drug-likeness (QED) is 0.668. The Balaban J connectivity index is 2.11. The van der Waals surface area contributed by atoms with Crippen molar-refractivity contribution in [2.75, 3.05) is 20.1 Å². The molecule has 1 aliphatic rings. The van der Waals surface area contributed by atoms with Gasteiger partial charge in [0.15, 0.2) is 0 Å². The molecule has 0 radical (unpaired) electrons. The van der Waals surface area contributed by atoms with Gasteiger partial charge in [-0.15, -0.1) is 0 Å². The second-order valence-corrected chi connectivity index (χ2v) is 3.35. The largest absolute Gasteiger partial charge is 0.255 e. The maximum Gasteiger partial charge on any atom is 0.0209 e. The van der Waals surface area contributed by atoms with Gasteiger partial charge >= 0.3 is 0 Å². The van der Waals surface area contributed by atoms with E-state index in [0.717, 1.165) is 13.1 Å². The first-order valence-corrected chi connectivity index (χ1v) is 4.36. The third kappa shape index (κ3) is 1.49. The molecule has 2 nitrogen and oxygen atoms in total. The molecule has 0 spiro atoms. The second-order valence-electron chi connectivity index (χ2n) is 3.35. The van der Waals surface area contributed by atoms with Gasteiger partial charge in [-0.25, -0.2) is 5.01 Å². The number of likely N-dealkylation sites (N-methyl/N-ethyl adjacent to an activating group) is 1. The Bertz CT molecular complexity index is 245. The van der Waals surface area contributed by atoms with Crippen LogP contribution in [0.1, 0.15) is 11.5 Å². The maximum atomic E-state index is 3.30. The molecule has 1 aliphatic heterocycles. The number of hydrogen-bond acceptors (Lipinski definition) is 2. The van der Waals surface area contributed by atoms with Crippen molar-refractivity contribution in [3.63, 3.8) is 0 Å². The minimum atomic E-state index is 0.663. The lowest BCUT2D eigenvalue weighted by molar-refractivity contribution is 0.314. The molecule has 1 atom stereocenters. The first-order chi connectivity index (χ1) is 5.86. The molecule has 0 saturated carbocycles. The van der Waals surface area contributed by atoms with E-state index in [2.05, 4.69) is 47.8 Å². The van der Waals surface area contributed by atoms with Gasteiger partial charge in [0, 0.05) is 26.1 Å². The van der Waals surface area contributed by atoms with E-state index in [-0.39, 0.29) is 0 Å². The molecule has 64 valence electrons. The topological polar surface area (TPSA) is 15.3 Å². The van der Waals surface area contributed by atoms with Gasteiger partial charge in [-0.3, -0.25) is 5.43 Å². The van der Waals surface area contributed by atoms with Crippen LogP contribution in [-0.2, 0) is 0 Å². The second kappa shape index (κ2) is 3.25. The molecule has 0 amide bonds. The zero-order chi connectivity index (χ0) is 8.39. The van der Waals surface area contributed by atoms with Gasteiger partial charge in [-0.05, 0) is 5.56 Å². The van der Waals surface area contributed by atoms with E-state index < -0.39 is 0 Å². The molecule has 1 aromatic carbocycles. The van der Waals surface area contributed by atoms with Crippen LogP contribution in [0.25, 0.3) is 0 Å². The van der Waals surface area contributed by atoms with Crippen LogP contribution in [0.2, 0.25) is 0 Å². The van der Waals surface area contributed by atoms with E-state index in [1.165, 1.54) is 5.56 Å². The smallest absolute Gasteiger partial charge is 0.0209 e. The van der Waals surface area contributed by atoms with Crippen molar-refractivity contribution in [2.24, 2.45) is 0 Å².